The molecule has 2 heterocycles. The number of aryl methyl sites for hydroxylation is 3. The first kappa shape index (κ1) is 13.1. The van der Waals surface area contributed by atoms with E-state index in [0.717, 1.165) is 30.7 Å². The number of hydrogen-bond donors (Lipinski definition) is 2. The second-order valence-electron chi connectivity index (χ2n) is 5.01. The summed E-state index contributed by atoms with van der Waals surface area (Å²) in [5.74, 6) is 0.924. The number of hydrogen-bond acceptors (Lipinski definition) is 4. The van der Waals surface area contributed by atoms with Crippen molar-refractivity contribution in [2.24, 2.45) is 5.73 Å². The molecular formula is C14H16N4OS. The summed E-state index contributed by atoms with van der Waals surface area (Å²) in [6.07, 6.45) is 4.35. The molecule has 0 fully saturated rings. The monoisotopic (exact) mass is 288 g/mol. The van der Waals surface area contributed by atoms with Crippen LogP contribution in [0.3, 0.4) is 0 Å². The van der Waals surface area contributed by atoms with Crippen LogP contribution in [0.15, 0.2) is 12.1 Å². The molecule has 0 spiro atoms. The molecule has 2 aromatic heterocycles. The number of rotatable bonds is 3. The van der Waals surface area contributed by atoms with Crippen LogP contribution >= 0.6 is 12.2 Å². The van der Waals surface area contributed by atoms with E-state index in [1.165, 1.54) is 12.0 Å². The van der Waals surface area contributed by atoms with Crippen LogP contribution in [0.4, 0.5) is 0 Å². The van der Waals surface area contributed by atoms with Gasteiger partial charge in [0.15, 0.2) is 0 Å². The predicted octanol–water partition coefficient (Wildman–Crippen LogP) is 2.42. The van der Waals surface area contributed by atoms with E-state index in [2.05, 4.69) is 15.2 Å². The quantitative estimate of drug-likeness (QED) is 0.848. The number of thiocarbonyl (C=S) groups is 1. The maximum atomic E-state index is 5.79. The molecule has 1 aliphatic carbocycles. The third kappa shape index (κ3) is 2.51. The van der Waals surface area contributed by atoms with Crippen molar-refractivity contribution in [3.8, 4) is 11.8 Å². The zero-order valence-corrected chi connectivity index (χ0v) is 12.1. The van der Waals surface area contributed by atoms with Crippen molar-refractivity contribution in [2.45, 2.75) is 32.6 Å². The predicted molar refractivity (Wildman–Crippen MR) is 80.2 cm³/mol. The molecule has 1 aliphatic rings. The Morgan fingerprint density at radius 1 is 1.35 bits per heavy atom. The third-order valence-corrected chi connectivity index (χ3v) is 3.63. The fourth-order valence-electron chi connectivity index (χ4n) is 2.41. The Hall–Kier alpha value is -1.95. The van der Waals surface area contributed by atoms with Crippen LogP contribution in [0.5, 0.6) is 11.8 Å². The molecule has 2 aromatic rings. The lowest BCUT2D eigenvalue weighted by Gasteiger charge is -2.17. The summed E-state index contributed by atoms with van der Waals surface area (Å²) < 4.78 is 5.74. The van der Waals surface area contributed by atoms with Gasteiger partial charge in [-0.25, -0.2) is 4.98 Å². The molecule has 20 heavy (non-hydrogen) atoms. The Morgan fingerprint density at radius 3 is 2.85 bits per heavy atom. The lowest BCUT2D eigenvalue weighted by atomic mass is 9.95. The van der Waals surface area contributed by atoms with Crippen molar-refractivity contribution in [1.82, 2.24) is 15.2 Å². The van der Waals surface area contributed by atoms with E-state index in [0.29, 0.717) is 22.3 Å². The van der Waals surface area contributed by atoms with Gasteiger partial charge in [0.25, 0.3) is 0 Å². The molecule has 0 saturated heterocycles. The molecule has 0 aromatic carbocycles. The molecular weight excluding hydrogens is 272 g/mol. The first-order valence-electron chi connectivity index (χ1n) is 6.66. The van der Waals surface area contributed by atoms with E-state index in [4.69, 9.17) is 22.7 Å². The van der Waals surface area contributed by atoms with Gasteiger partial charge in [-0.3, -0.25) is 5.10 Å². The minimum Gasteiger partial charge on any atom is -0.418 e. The highest BCUT2D eigenvalue weighted by Gasteiger charge is 2.18. The number of pyridine rings is 1. The average molecular weight is 288 g/mol. The SMILES string of the molecule is Cc1cc(Oc2nc3c(cc2C(N)=S)CCCC3)n[nH]1. The summed E-state index contributed by atoms with van der Waals surface area (Å²) in [4.78, 5) is 4.89. The lowest BCUT2D eigenvalue weighted by molar-refractivity contribution is 0.438. The first-order valence-corrected chi connectivity index (χ1v) is 7.07. The van der Waals surface area contributed by atoms with Gasteiger partial charge in [-0.1, -0.05) is 12.2 Å². The molecule has 6 heteroatoms. The smallest absolute Gasteiger partial charge is 0.240 e. The minimum absolute atomic E-state index is 0.299. The molecule has 104 valence electrons. The number of ether oxygens (including phenoxy) is 1. The summed E-state index contributed by atoms with van der Waals surface area (Å²) in [5, 5.41) is 6.89. The molecule has 0 bridgehead atoms. The summed E-state index contributed by atoms with van der Waals surface area (Å²) >= 11 is 5.11. The van der Waals surface area contributed by atoms with Gasteiger partial charge in [0.05, 0.1) is 5.56 Å². The Kier molecular flexibility index (Phi) is 3.40. The average Bonchev–Trinajstić information content (AvgIpc) is 2.83. The minimum atomic E-state index is 0.299. The summed E-state index contributed by atoms with van der Waals surface area (Å²) in [6, 6.07) is 3.82. The standard InChI is InChI=1S/C14H16N4OS/c1-8-6-12(18-17-8)19-14-10(13(15)20)7-9-4-2-3-5-11(9)16-14/h6-7H,2-5H2,1H3,(H2,15,20)(H,17,18). The first-order chi connectivity index (χ1) is 9.63. The maximum absolute atomic E-state index is 5.79. The molecule has 0 radical (unpaired) electrons. The fourth-order valence-corrected chi connectivity index (χ4v) is 2.56. The van der Waals surface area contributed by atoms with Crippen LogP contribution < -0.4 is 10.5 Å². The summed E-state index contributed by atoms with van der Waals surface area (Å²) in [7, 11) is 0. The van der Waals surface area contributed by atoms with E-state index in [-0.39, 0.29) is 0 Å². The lowest BCUT2D eigenvalue weighted by Crippen LogP contribution is -2.15. The van der Waals surface area contributed by atoms with Gasteiger partial charge in [-0.15, -0.1) is 5.10 Å². The van der Waals surface area contributed by atoms with Crippen LogP contribution in [0.2, 0.25) is 0 Å². The Labute approximate surface area is 122 Å². The highest BCUT2D eigenvalue weighted by Crippen LogP contribution is 2.28. The van der Waals surface area contributed by atoms with Crippen LogP contribution in [-0.2, 0) is 12.8 Å². The topological polar surface area (TPSA) is 76.8 Å². The number of nitrogens with one attached hydrogen (secondary N) is 1. The van der Waals surface area contributed by atoms with E-state index in [9.17, 15) is 0 Å². The van der Waals surface area contributed by atoms with Gasteiger partial charge in [0.2, 0.25) is 11.8 Å². The highest BCUT2D eigenvalue weighted by molar-refractivity contribution is 7.80. The third-order valence-electron chi connectivity index (χ3n) is 3.41. The zero-order chi connectivity index (χ0) is 14.1. The maximum Gasteiger partial charge on any atom is 0.240 e. The van der Waals surface area contributed by atoms with Crippen molar-refractivity contribution in [1.29, 1.82) is 0 Å². The molecule has 0 saturated carbocycles. The Balaban J connectivity index is 2.01. The van der Waals surface area contributed by atoms with Crippen LogP contribution in [0.1, 0.15) is 35.4 Å². The van der Waals surface area contributed by atoms with Crippen molar-refractivity contribution in [3.63, 3.8) is 0 Å². The molecule has 3 rings (SSSR count). The summed E-state index contributed by atoms with van der Waals surface area (Å²) in [6.45, 7) is 1.91. The zero-order valence-electron chi connectivity index (χ0n) is 11.3. The van der Waals surface area contributed by atoms with E-state index in [1.54, 1.807) is 0 Å². The Morgan fingerprint density at radius 2 is 2.15 bits per heavy atom. The van der Waals surface area contributed by atoms with Gasteiger partial charge < -0.3 is 10.5 Å². The highest BCUT2D eigenvalue weighted by atomic mass is 32.1. The van der Waals surface area contributed by atoms with Crippen LogP contribution in [0.25, 0.3) is 0 Å². The van der Waals surface area contributed by atoms with Crippen molar-refractivity contribution in [2.75, 3.05) is 0 Å². The molecule has 3 N–H and O–H groups in total. The number of aromatic amines is 1. The van der Waals surface area contributed by atoms with Crippen molar-refractivity contribution < 1.29 is 4.74 Å². The van der Waals surface area contributed by atoms with Gasteiger partial charge in [-0.05, 0) is 44.2 Å². The number of aromatic nitrogens is 3. The molecule has 0 amide bonds. The molecule has 0 unspecified atom stereocenters. The number of H-pyrrole nitrogens is 1. The van der Waals surface area contributed by atoms with E-state index in [1.807, 2.05) is 19.1 Å². The van der Waals surface area contributed by atoms with Gasteiger partial charge >= 0.3 is 0 Å². The number of fused-ring (bicyclic) bond motifs is 1. The summed E-state index contributed by atoms with van der Waals surface area (Å²) in [5.41, 5.74) is 9.71. The van der Waals surface area contributed by atoms with E-state index < -0.39 is 0 Å². The fraction of sp³-hybridized carbons (Fsp3) is 0.357. The van der Waals surface area contributed by atoms with Crippen molar-refractivity contribution in [3.05, 3.63) is 34.6 Å². The molecule has 0 atom stereocenters. The number of nitrogens with zero attached hydrogens (tertiary/aromatic N) is 2. The molecule has 0 aliphatic heterocycles. The second-order valence-corrected chi connectivity index (χ2v) is 5.45. The van der Waals surface area contributed by atoms with Gasteiger partial charge in [0.1, 0.15) is 4.99 Å². The Bertz CT molecular complexity index is 665. The van der Waals surface area contributed by atoms with Crippen LogP contribution in [-0.4, -0.2) is 20.2 Å². The normalized spacial score (nSPS) is 13.8. The van der Waals surface area contributed by atoms with Gasteiger partial charge in [-0.2, -0.15) is 0 Å². The van der Waals surface area contributed by atoms with Gasteiger partial charge in [0, 0.05) is 17.5 Å². The van der Waals surface area contributed by atoms with Crippen LogP contribution in [0, 0.1) is 6.92 Å². The number of nitrogens with two attached hydrogens (primary N) is 1. The largest absolute Gasteiger partial charge is 0.418 e. The second kappa shape index (κ2) is 5.20. The van der Waals surface area contributed by atoms with Crippen molar-refractivity contribution >= 4 is 17.2 Å². The van der Waals surface area contributed by atoms with E-state index >= 15 is 0 Å². The molecule has 5 nitrogen and oxygen atoms in total.